The maximum atomic E-state index is 13.3. The van der Waals surface area contributed by atoms with Crippen LogP contribution in [0, 0.1) is 5.82 Å². The van der Waals surface area contributed by atoms with Crippen LogP contribution in [0.25, 0.3) is 22.7 Å². The van der Waals surface area contributed by atoms with Crippen LogP contribution in [-0.4, -0.2) is 15.8 Å². The van der Waals surface area contributed by atoms with Crippen molar-refractivity contribution in [2.24, 2.45) is 0 Å². The van der Waals surface area contributed by atoms with Gasteiger partial charge in [-0.05, 0) is 42.0 Å². The van der Waals surface area contributed by atoms with Gasteiger partial charge >= 0.3 is 0 Å². The number of ketones is 1. The van der Waals surface area contributed by atoms with Gasteiger partial charge in [-0.3, -0.25) is 4.79 Å². The smallest absolute Gasteiger partial charge is 0.228 e. The van der Waals surface area contributed by atoms with Crippen molar-refractivity contribution in [3.63, 3.8) is 0 Å². The number of nitrogens with zero attached hydrogens (tertiary/aromatic N) is 2. The van der Waals surface area contributed by atoms with Crippen molar-refractivity contribution in [3.05, 3.63) is 83.8 Å². The number of carbonyl (C=O) groups excluding carboxylic acids is 1. The number of rotatable bonds is 4. The Morgan fingerprint density at radius 3 is 2.76 bits per heavy atom. The molecular formula is C20H13FN2O2. The molecule has 0 amide bonds. The molecule has 0 saturated heterocycles. The van der Waals surface area contributed by atoms with E-state index in [1.807, 2.05) is 24.3 Å². The number of oxazole rings is 1. The molecule has 0 aliphatic rings. The zero-order chi connectivity index (χ0) is 17.2. The average molecular weight is 332 g/mol. The molecule has 2 aromatic carbocycles. The Bertz CT molecular complexity index is 1040. The minimum Gasteiger partial charge on any atom is -0.434 e. The van der Waals surface area contributed by atoms with Crippen LogP contribution in [0.1, 0.15) is 15.9 Å². The van der Waals surface area contributed by atoms with Crippen molar-refractivity contribution >= 4 is 17.0 Å². The van der Waals surface area contributed by atoms with Crippen LogP contribution < -0.4 is 0 Å². The average Bonchev–Trinajstić information content (AvgIpc) is 3.06. The maximum absolute atomic E-state index is 13.3. The van der Waals surface area contributed by atoms with Crippen LogP contribution >= 0.6 is 0 Å². The highest BCUT2D eigenvalue weighted by Gasteiger charge is 2.12. The molecule has 0 radical (unpaired) electrons. The highest BCUT2D eigenvalue weighted by molar-refractivity contribution is 5.97. The molecule has 0 spiro atoms. The van der Waals surface area contributed by atoms with E-state index in [0.29, 0.717) is 22.7 Å². The predicted molar refractivity (Wildman–Crippen MR) is 91.7 cm³/mol. The van der Waals surface area contributed by atoms with E-state index in [1.165, 1.54) is 18.2 Å². The van der Waals surface area contributed by atoms with Gasteiger partial charge in [-0.15, -0.1) is 0 Å². The Hall–Kier alpha value is -3.34. The normalized spacial score (nSPS) is 10.9. The lowest BCUT2D eigenvalue weighted by molar-refractivity contribution is 0.0992. The molecule has 0 atom stereocenters. The molecular weight excluding hydrogens is 319 g/mol. The fourth-order valence-corrected chi connectivity index (χ4v) is 2.66. The number of benzene rings is 2. The van der Waals surface area contributed by atoms with Gasteiger partial charge in [-0.1, -0.05) is 24.3 Å². The number of hydrogen-bond donors (Lipinski definition) is 0. The second-order valence-electron chi connectivity index (χ2n) is 5.65. The van der Waals surface area contributed by atoms with Gasteiger partial charge in [-0.2, -0.15) is 4.98 Å². The third-order valence-corrected chi connectivity index (χ3v) is 3.85. The highest BCUT2D eigenvalue weighted by atomic mass is 19.1. The van der Waals surface area contributed by atoms with E-state index in [-0.39, 0.29) is 12.2 Å². The summed E-state index contributed by atoms with van der Waals surface area (Å²) in [5, 5.41) is 0. The summed E-state index contributed by atoms with van der Waals surface area (Å²) in [6.07, 6.45) is 1.83. The van der Waals surface area contributed by atoms with Gasteiger partial charge in [0.2, 0.25) is 5.89 Å². The molecule has 0 N–H and O–H groups in total. The van der Waals surface area contributed by atoms with E-state index in [9.17, 15) is 9.18 Å². The summed E-state index contributed by atoms with van der Waals surface area (Å²) in [5.74, 6) is -0.108. The minimum atomic E-state index is -0.418. The summed E-state index contributed by atoms with van der Waals surface area (Å²) >= 11 is 0. The van der Waals surface area contributed by atoms with Crippen LogP contribution in [0.3, 0.4) is 0 Å². The molecule has 0 fully saturated rings. The van der Waals surface area contributed by atoms with Crippen molar-refractivity contribution in [2.75, 3.05) is 0 Å². The van der Waals surface area contributed by atoms with Gasteiger partial charge in [0.05, 0.1) is 0 Å². The second-order valence-corrected chi connectivity index (χ2v) is 5.65. The molecule has 122 valence electrons. The first-order valence-corrected chi connectivity index (χ1v) is 7.79. The Morgan fingerprint density at radius 1 is 1.04 bits per heavy atom. The fourth-order valence-electron chi connectivity index (χ4n) is 2.66. The van der Waals surface area contributed by atoms with Crippen LogP contribution in [-0.2, 0) is 6.42 Å². The zero-order valence-electron chi connectivity index (χ0n) is 13.1. The first-order chi connectivity index (χ1) is 12.2. The maximum Gasteiger partial charge on any atom is 0.228 e. The first-order valence-electron chi connectivity index (χ1n) is 7.79. The van der Waals surface area contributed by atoms with Crippen LogP contribution in [0.15, 0.2) is 71.3 Å². The van der Waals surface area contributed by atoms with E-state index in [2.05, 4.69) is 9.97 Å². The number of fused-ring (bicyclic) bond motifs is 1. The predicted octanol–water partition coefficient (Wildman–Crippen LogP) is 4.45. The first kappa shape index (κ1) is 15.2. The van der Waals surface area contributed by atoms with E-state index in [1.54, 1.807) is 24.4 Å². The molecule has 4 aromatic rings. The number of aromatic nitrogens is 2. The summed E-state index contributed by atoms with van der Waals surface area (Å²) < 4.78 is 19.0. The Kier molecular flexibility index (Phi) is 3.82. The third kappa shape index (κ3) is 3.17. The van der Waals surface area contributed by atoms with Gasteiger partial charge in [0.15, 0.2) is 17.0 Å². The van der Waals surface area contributed by atoms with Crippen LogP contribution in [0.4, 0.5) is 4.39 Å². The van der Waals surface area contributed by atoms with E-state index in [4.69, 9.17) is 4.42 Å². The summed E-state index contributed by atoms with van der Waals surface area (Å²) in [6.45, 7) is 0. The largest absolute Gasteiger partial charge is 0.434 e. The molecule has 4 rings (SSSR count). The fraction of sp³-hybridized carbons (Fsp3) is 0.0500. The van der Waals surface area contributed by atoms with E-state index < -0.39 is 5.82 Å². The van der Waals surface area contributed by atoms with E-state index in [0.717, 1.165) is 11.1 Å². The molecule has 0 bridgehead atoms. The van der Waals surface area contributed by atoms with Gasteiger partial charge in [0, 0.05) is 23.7 Å². The molecule has 2 aromatic heterocycles. The number of halogens is 1. The molecule has 0 aliphatic carbocycles. The molecule has 0 aliphatic heterocycles. The lowest BCUT2D eigenvalue weighted by Crippen LogP contribution is -2.04. The quantitative estimate of drug-likeness (QED) is 0.518. The zero-order valence-corrected chi connectivity index (χ0v) is 13.1. The summed E-state index contributed by atoms with van der Waals surface area (Å²) in [7, 11) is 0. The van der Waals surface area contributed by atoms with Gasteiger partial charge < -0.3 is 4.42 Å². The van der Waals surface area contributed by atoms with Gasteiger partial charge in [0.1, 0.15) is 5.82 Å². The molecule has 5 heteroatoms. The molecule has 25 heavy (non-hydrogen) atoms. The standard InChI is InChI=1S/C20H13FN2O2/c21-16-7-2-5-14(12-16)17(24)11-13-4-1-6-15(10-13)20-23-19-18(25-20)8-3-9-22-19/h1-10,12H,11H2. The Balaban J connectivity index is 1.62. The number of Topliss-reactive ketones (excluding diaryl/α,β-unsaturated/α-hetero) is 1. The van der Waals surface area contributed by atoms with E-state index >= 15 is 0 Å². The topological polar surface area (TPSA) is 56.0 Å². The summed E-state index contributed by atoms with van der Waals surface area (Å²) in [5.41, 5.74) is 3.08. The molecule has 4 nitrogen and oxygen atoms in total. The van der Waals surface area contributed by atoms with Crippen molar-refractivity contribution in [2.45, 2.75) is 6.42 Å². The van der Waals surface area contributed by atoms with Crippen molar-refractivity contribution in [1.29, 1.82) is 0 Å². The van der Waals surface area contributed by atoms with Crippen molar-refractivity contribution in [1.82, 2.24) is 9.97 Å². The number of carbonyl (C=O) groups is 1. The summed E-state index contributed by atoms with van der Waals surface area (Å²) in [4.78, 5) is 20.9. The lowest BCUT2D eigenvalue weighted by atomic mass is 10.0. The van der Waals surface area contributed by atoms with Crippen molar-refractivity contribution in [3.8, 4) is 11.5 Å². The minimum absolute atomic E-state index is 0.143. The van der Waals surface area contributed by atoms with Crippen LogP contribution in [0.2, 0.25) is 0 Å². The lowest BCUT2D eigenvalue weighted by Gasteiger charge is -2.03. The molecule has 0 saturated carbocycles. The number of hydrogen-bond acceptors (Lipinski definition) is 4. The summed E-state index contributed by atoms with van der Waals surface area (Å²) in [6, 6.07) is 16.7. The number of pyridine rings is 1. The second kappa shape index (κ2) is 6.28. The van der Waals surface area contributed by atoms with Crippen LogP contribution in [0.5, 0.6) is 0 Å². The highest BCUT2D eigenvalue weighted by Crippen LogP contribution is 2.24. The third-order valence-electron chi connectivity index (χ3n) is 3.85. The monoisotopic (exact) mass is 332 g/mol. The Morgan fingerprint density at radius 2 is 1.92 bits per heavy atom. The Labute approximate surface area is 143 Å². The van der Waals surface area contributed by atoms with Crippen molar-refractivity contribution < 1.29 is 13.6 Å². The molecule has 2 heterocycles. The SMILES string of the molecule is O=C(Cc1cccc(-c2nc3ncccc3o2)c1)c1cccc(F)c1. The molecule has 0 unspecified atom stereocenters. The van der Waals surface area contributed by atoms with Gasteiger partial charge in [0.25, 0.3) is 0 Å². The van der Waals surface area contributed by atoms with Gasteiger partial charge in [-0.25, -0.2) is 9.37 Å².